The molecule has 0 aliphatic carbocycles. The SMILES string of the molecule is CC[C@H](O)CCOC.CCn1c(-c2ccc(F)cc2)c(-c2ccccc2)c(C(=O)Nc2ccccc2)c1C(C)C. The Balaban J connectivity index is 0.000000482. The van der Waals surface area contributed by atoms with Crippen LogP contribution >= 0.6 is 0 Å². The maximum Gasteiger partial charge on any atom is 0.258 e. The zero-order valence-electron chi connectivity index (χ0n) is 24.2. The van der Waals surface area contributed by atoms with Crippen molar-refractivity contribution in [1.29, 1.82) is 0 Å². The molecule has 0 unspecified atom stereocenters. The molecule has 0 spiro atoms. The molecule has 5 nitrogen and oxygen atoms in total. The number of aliphatic hydroxyl groups excluding tert-OH is 1. The van der Waals surface area contributed by atoms with E-state index >= 15 is 0 Å². The van der Waals surface area contributed by atoms with Crippen LogP contribution in [0.1, 0.15) is 62.5 Å². The average Bonchev–Trinajstić information content (AvgIpc) is 3.33. The maximum absolute atomic E-state index is 13.7. The quantitative estimate of drug-likeness (QED) is 0.212. The highest BCUT2D eigenvalue weighted by molar-refractivity contribution is 6.12. The Hall–Kier alpha value is -3.74. The number of carbonyl (C=O) groups excluding carboxylic acids is 1. The van der Waals surface area contributed by atoms with Gasteiger partial charge in [-0.1, -0.05) is 69.3 Å². The smallest absolute Gasteiger partial charge is 0.258 e. The van der Waals surface area contributed by atoms with E-state index in [9.17, 15) is 9.18 Å². The Morgan fingerprint density at radius 3 is 2.05 bits per heavy atom. The van der Waals surface area contributed by atoms with Crippen LogP contribution in [-0.4, -0.2) is 35.4 Å². The van der Waals surface area contributed by atoms with Crippen LogP contribution in [0.4, 0.5) is 10.1 Å². The third-order valence-electron chi connectivity index (χ3n) is 6.73. The van der Waals surface area contributed by atoms with Crippen molar-refractivity contribution in [3.8, 4) is 22.4 Å². The Morgan fingerprint density at radius 1 is 0.925 bits per heavy atom. The monoisotopic (exact) mass is 544 g/mol. The average molecular weight is 545 g/mol. The largest absolute Gasteiger partial charge is 0.393 e. The van der Waals surface area contributed by atoms with Gasteiger partial charge in [0.2, 0.25) is 0 Å². The Morgan fingerprint density at radius 2 is 1.52 bits per heavy atom. The fraction of sp³-hybridized carbons (Fsp3) is 0.324. The van der Waals surface area contributed by atoms with Crippen LogP contribution < -0.4 is 5.32 Å². The number of ether oxygens (including phenoxy) is 1. The first kappa shape index (κ1) is 30.8. The number of amides is 1. The summed E-state index contributed by atoms with van der Waals surface area (Å²) in [5.41, 5.74) is 6.03. The second kappa shape index (κ2) is 15.2. The summed E-state index contributed by atoms with van der Waals surface area (Å²) in [6.07, 6.45) is 1.41. The van der Waals surface area contributed by atoms with Gasteiger partial charge in [0.15, 0.2) is 0 Å². The van der Waals surface area contributed by atoms with Crippen LogP contribution in [-0.2, 0) is 11.3 Å². The Bertz CT molecular complexity index is 1330. The number of benzene rings is 3. The molecule has 0 saturated heterocycles. The summed E-state index contributed by atoms with van der Waals surface area (Å²) in [4.78, 5) is 13.7. The van der Waals surface area contributed by atoms with Crippen LogP contribution in [0.3, 0.4) is 0 Å². The van der Waals surface area contributed by atoms with Crippen molar-refractivity contribution in [1.82, 2.24) is 4.57 Å². The highest BCUT2D eigenvalue weighted by Crippen LogP contribution is 2.42. The van der Waals surface area contributed by atoms with Crippen molar-refractivity contribution in [2.45, 2.75) is 59.1 Å². The Kier molecular flexibility index (Phi) is 11.7. The summed E-state index contributed by atoms with van der Waals surface area (Å²) in [5.74, 6) is -0.312. The number of anilines is 1. The van der Waals surface area contributed by atoms with Gasteiger partial charge in [-0.15, -0.1) is 0 Å². The van der Waals surface area contributed by atoms with Crippen LogP contribution in [0.5, 0.6) is 0 Å². The molecular weight excluding hydrogens is 503 g/mol. The first-order chi connectivity index (χ1) is 19.3. The predicted molar refractivity (Wildman–Crippen MR) is 162 cm³/mol. The van der Waals surface area contributed by atoms with Crippen LogP contribution in [0, 0.1) is 5.82 Å². The standard InChI is InChI=1S/C28H27FN2O.C6H14O2/c1-4-31-26(19(2)3)25(28(32)30-23-13-9-6-10-14-23)24(20-11-7-5-8-12-20)27(31)21-15-17-22(29)18-16-21;1-3-6(7)4-5-8-2/h5-19H,4H2,1-3H3,(H,30,32);6-7H,3-5H2,1-2H3/t;6-/m.0/s1. The van der Waals surface area contributed by atoms with E-state index in [1.165, 1.54) is 12.1 Å². The van der Waals surface area contributed by atoms with Gasteiger partial charge >= 0.3 is 0 Å². The summed E-state index contributed by atoms with van der Waals surface area (Å²) in [6.45, 7) is 9.59. The molecule has 0 aliphatic rings. The zero-order chi connectivity index (χ0) is 29.1. The minimum Gasteiger partial charge on any atom is -0.393 e. The van der Waals surface area contributed by atoms with E-state index in [1.807, 2.05) is 67.6 Å². The summed E-state index contributed by atoms with van der Waals surface area (Å²) in [7, 11) is 1.64. The van der Waals surface area contributed by atoms with Gasteiger partial charge < -0.3 is 19.7 Å². The van der Waals surface area contributed by atoms with Gasteiger partial charge in [-0.2, -0.15) is 0 Å². The third-order valence-corrected chi connectivity index (χ3v) is 6.73. The number of rotatable bonds is 10. The molecule has 0 fully saturated rings. The molecule has 212 valence electrons. The van der Waals surface area contributed by atoms with E-state index in [0.717, 1.165) is 46.6 Å². The Labute approximate surface area is 237 Å². The van der Waals surface area contributed by atoms with E-state index in [4.69, 9.17) is 9.84 Å². The molecule has 0 aliphatic heterocycles. The molecule has 1 heterocycles. The molecule has 1 atom stereocenters. The molecule has 3 aromatic carbocycles. The fourth-order valence-corrected chi connectivity index (χ4v) is 4.76. The molecule has 1 aromatic heterocycles. The van der Waals surface area contributed by atoms with Gasteiger partial charge in [-0.3, -0.25) is 4.79 Å². The second-order valence-corrected chi connectivity index (χ2v) is 9.92. The topological polar surface area (TPSA) is 63.5 Å². The number of nitrogens with zero attached hydrogens (tertiary/aromatic N) is 1. The van der Waals surface area contributed by atoms with Gasteiger partial charge in [0.25, 0.3) is 5.91 Å². The lowest BCUT2D eigenvalue weighted by molar-refractivity contribution is 0.102. The van der Waals surface area contributed by atoms with Crippen molar-refractivity contribution in [2.75, 3.05) is 19.0 Å². The normalized spacial score (nSPS) is 11.6. The van der Waals surface area contributed by atoms with Gasteiger partial charge in [-0.05, 0) is 73.2 Å². The van der Waals surface area contributed by atoms with Gasteiger partial charge in [0, 0.05) is 37.2 Å². The van der Waals surface area contributed by atoms with Crippen LogP contribution in [0.15, 0.2) is 84.9 Å². The first-order valence-corrected chi connectivity index (χ1v) is 13.9. The molecule has 6 heteroatoms. The molecular formula is C34H41FN2O3. The summed E-state index contributed by atoms with van der Waals surface area (Å²) >= 11 is 0. The highest BCUT2D eigenvalue weighted by atomic mass is 19.1. The lowest BCUT2D eigenvalue weighted by atomic mass is 9.94. The van der Waals surface area contributed by atoms with E-state index in [2.05, 4.69) is 30.7 Å². The molecule has 1 amide bonds. The van der Waals surface area contributed by atoms with E-state index in [1.54, 1.807) is 19.2 Å². The number of halogens is 1. The van der Waals surface area contributed by atoms with Crippen molar-refractivity contribution in [3.05, 3.63) is 102 Å². The van der Waals surface area contributed by atoms with Gasteiger partial charge in [0.1, 0.15) is 5.82 Å². The molecule has 40 heavy (non-hydrogen) atoms. The van der Waals surface area contributed by atoms with Crippen LogP contribution in [0.2, 0.25) is 0 Å². The number of nitrogens with one attached hydrogen (secondary N) is 1. The number of hydrogen-bond donors (Lipinski definition) is 2. The highest BCUT2D eigenvalue weighted by Gasteiger charge is 2.29. The molecule has 2 N–H and O–H groups in total. The molecule has 0 saturated carbocycles. The maximum atomic E-state index is 13.7. The number of aliphatic hydroxyl groups is 1. The number of carbonyl (C=O) groups is 1. The summed E-state index contributed by atoms with van der Waals surface area (Å²) in [5, 5.41) is 12.0. The van der Waals surface area contributed by atoms with Crippen molar-refractivity contribution < 1.29 is 19.0 Å². The lowest BCUT2D eigenvalue weighted by Gasteiger charge is -2.15. The lowest BCUT2D eigenvalue weighted by Crippen LogP contribution is -2.16. The number of aromatic nitrogens is 1. The van der Waals surface area contributed by atoms with Gasteiger partial charge in [-0.25, -0.2) is 4.39 Å². The predicted octanol–water partition coefficient (Wildman–Crippen LogP) is 8.15. The van der Waals surface area contributed by atoms with Gasteiger partial charge in [0.05, 0.1) is 17.4 Å². The number of para-hydroxylation sites is 1. The molecule has 0 radical (unpaired) electrons. The molecule has 0 bridgehead atoms. The second-order valence-electron chi connectivity index (χ2n) is 9.92. The minimum absolute atomic E-state index is 0.114. The van der Waals surface area contributed by atoms with Crippen molar-refractivity contribution >= 4 is 11.6 Å². The van der Waals surface area contributed by atoms with Crippen molar-refractivity contribution in [2.24, 2.45) is 0 Å². The summed E-state index contributed by atoms with van der Waals surface area (Å²) < 4.78 is 20.7. The molecule has 4 rings (SSSR count). The number of hydrogen-bond acceptors (Lipinski definition) is 3. The zero-order valence-corrected chi connectivity index (χ0v) is 24.2. The van der Waals surface area contributed by atoms with E-state index in [-0.39, 0.29) is 23.7 Å². The minimum atomic E-state index is -0.282. The fourth-order valence-electron chi connectivity index (χ4n) is 4.76. The van der Waals surface area contributed by atoms with E-state index < -0.39 is 0 Å². The summed E-state index contributed by atoms with van der Waals surface area (Å²) in [6, 6.07) is 25.9. The number of methoxy groups -OCH3 is 1. The first-order valence-electron chi connectivity index (χ1n) is 13.9. The van der Waals surface area contributed by atoms with E-state index in [0.29, 0.717) is 18.7 Å². The van der Waals surface area contributed by atoms with Crippen LogP contribution in [0.25, 0.3) is 22.4 Å². The molecule has 4 aromatic rings. The third kappa shape index (κ3) is 7.68. The van der Waals surface area contributed by atoms with Crippen molar-refractivity contribution in [3.63, 3.8) is 0 Å².